The van der Waals surface area contributed by atoms with Crippen LogP contribution in [-0.2, 0) is 4.79 Å². The van der Waals surface area contributed by atoms with Crippen LogP contribution < -0.4 is 5.11 Å². The number of hydrogen-bond acceptors (Lipinski definition) is 3. The van der Waals surface area contributed by atoms with Gasteiger partial charge in [-0.2, -0.15) is 0 Å². The fourth-order valence-corrected chi connectivity index (χ4v) is 4.49. The number of hydrogen-bond donors (Lipinski definition) is 1. The van der Waals surface area contributed by atoms with Crippen molar-refractivity contribution < 1.29 is 19.5 Å². The lowest BCUT2D eigenvalue weighted by Gasteiger charge is -2.40. The molecule has 0 saturated carbocycles. The minimum absolute atomic E-state index is 0.308. The molecule has 0 radical (unpaired) electrons. The zero-order valence-corrected chi connectivity index (χ0v) is 20.8. The molecular weight excluding hydrogens is 374 g/mol. The Morgan fingerprint density at radius 1 is 0.700 bits per heavy atom. The van der Waals surface area contributed by atoms with E-state index < -0.39 is 18.1 Å². The normalized spacial score (nSPS) is 14.0. The Bertz CT molecular complexity index is 398. The summed E-state index contributed by atoms with van der Waals surface area (Å²) in [5.41, 5.74) is 0. The van der Waals surface area contributed by atoms with E-state index in [2.05, 4.69) is 13.8 Å². The molecule has 0 aliphatic carbocycles. The number of likely N-dealkylation sites (N-methyl/N-ethyl adjacent to an activating group) is 1. The van der Waals surface area contributed by atoms with Crippen LogP contribution in [0.4, 0.5) is 0 Å². The molecule has 0 aromatic carbocycles. The monoisotopic (exact) mass is 427 g/mol. The van der Waals surface area contributed by atoms with Crippen molar-refractivity contribution in [3.63, 3.8) is 0 Å². The van der Waals surface area contributed by atoms with E-state index in [9.17, 15) is 15.0 Å². The SMILES string of the molecule is CCCCCCCCCCCCCCCCC(O)C[N+](C)(C)C(CCCC)C(=O)[O-]. The lowest BCUT2D eigenvalue weighted by Crippen LogP contribution is -2.59. The van der Waals surface area contributed by atoms with Crippen LogP contribution in [0.5, 0.6) is 0 Å². The first kappa shape index (κ1) is 29.4. The molecule has 0 amide bonds. The molecule has 1 N–H and O–H groups in total. The van der Waals surface area contributed by atoms with E-state index >= 15 is 0 Å². The van der Waals surface area contributed by atoms with Gasteiger partial charge in [-0.3, -0.25) is 0 Å². The summed E-state index contributed by atoms with van der Waals surface area (Å²) in [5.74, 6) is -0.989. The van der Waals surface area contributed by atoms with Crippen LogP contribution in [-0.4, -0.2) is 48.3 Å². The van der Waals surface area contributed by atoms with Gasteiger partial charge >= 0.3 is 0 Å². The van der Waals surface area contributed by atoms with Gasteiger partial charge in [0.15, 0.2) is 0 Å². The van der Waals surface area contributed by atoms with Crippen LogP contribution in [0.3, 0.4) is 0 Å². The summed E-state index contributed by atoms with van der Waals surface area (Å²) in [6, 6.07) is -0.532. The van der Waals surface area contributed by atoms with Gasteiger partial charge in [-0.05, 0) is 12.8 Å². The van der Waals surface area contributed by atoms with Gasteiger partial charge in [-0.15, -0.1) is 0 Å². The third-order valence-electron chi connectivity index (χ3n) is 6.52. The summed E-state index contributed by atoms with van der Waals surface area (Å²) in [5, 5.41) is 21.9. The summed E-state index contributed by atoms with van der Waals surface area (Å²) in [4.78, 5) is 11.5. The summed E-state index contributed by atoms with van der Waals surface area (Å²) in [6.45, 7) is 4.82. The number of aliphatic hydroxyl groups excluding tert-OH is 1. The quantitative estimate of drug-likeness (QED) is 0.181. The van der Waals surface area contributed by atoms with Gasteiger partial charge in [-0.25, -0.2) is 0 Å². The number of carboxylic acids is 1. The fraction of sp³-hybridized carbons (Fsp3) is 0.962. The second-order valence-electron chi connectivity index (χ2n) is 9.98. The summed E-state index contributed by atoms with van der Waals surface area (Å²) in [7, 11) is 3.81. The van der Waals surface area contributed by atoms with Crippen LogP contribution in [0.1, 0.15) is 129 Å². The minimum atomic E-state index is -0.989. The summed E-state index contributed by atoms with van der Waals surface area (Å²) < 4.78 is 0.308. The zero-order valence-electron chi connectivity index (χ0n) is 20.8. The maximum Gasteiger partial charge on any atom is 0.129 e. The average molecular weight is 428 g/mol. The summed E-state index contributed by atoms with van der Waals surface area (Å²) >= 11 is 0. The van der Waals surface area contributed by atoms with Crippen LogP contribution in [0.2, 0.25) is 0 Å². The first-order valence-corrected chi connectivity index (χ1v) is 13.1. The van der Waals surface area contributed by atoms with E-state index in [1.165, 1.54) is 83.5 Å². The van der Waals surface area contributed by atoms with E-state index in [-0.39, 0.29) is 0 Å². The van der Waals surface area contributed by atoms with E-state index in [1.54, 1.807) is 0 Å². The summed E-state index contributed by atoms with van der Waals surface area (Å²) in [6.07, 6.45) is 21.5. The molecule has 0 rings (SSSR count). The van der Waals surface area contributed by atoms with Gasteiger partial charge in [0.2, 0.25) is 0 Å². The maximum absolute atomic E-state index is 11.5. The zero-order chi connectivity index (χ0) is 22.7. The van der Waals surface area contributed by atoms with Gasteiger partial charge in [0.25, 0.3) is 0 Å². The molecule has 4 heteroatoms. The predicted octanol–water partition coefficient (Wildman–Crippen LogP) is 5.60. The molecule has 0 aromatic heterocycles. The number of aliphatic hydroxyl groups is 1. The molecular formula is C26H53NO3. The average Bonchev–Trinajstić information content (AvgIpc) is 2.67. The Balaban J connectivity index is 3.68. The standard InChI is InChI=1S/C26H53NO3/c1-5-7-9-10-11-12-13-14-15-16-17-18-19-20-21-24(28)23-27(3,4)25(26(29)30)22-8-6-2/h24-25,28H,5-23H2,1-4H3. The number of unbranched alkanes of at least 4 members (excludes halogenated alkanes) is 14. The lowest BCUT2D eigenvalue weighted by molar-refractivity contribution is -0.911. The highest BCUT2D eigenvalue weighted by atomic mass is 16.4. The Morgan fingerprint density at radius 3 is 1.50 bits per heavy atom. The molecule has 0 aliphatic heterocycles. The fourth-order valence-electron chi connectivity index (χ4n) is 4.49. The molecule has 2 atom stereocenters. The maximum atomic E-state index is 11.5. The molecule has 0 saturated heterocycles. The smallest absolute Gasteiger partial charge is 0.129 e. The Hall–Kier alpha value is -0.610. The molecule has 30 heavy (non-hydrogen) atoms. The van der Waals surface area contributed by atoms with Crippen molar-refractivity contribution in [2.45, 2.75) is 142 Å². The van der Waals surface area contributed by atoms with E-state index in [0.29, 0.717) is 17.4 Å². The molecule has 0 bridgehead atoms. The van der Waals surface area contributed by atoms with E-state index in [1.807, 2.05) is 14.1 Å². The number of carbonyl (C=O) groups is 1. The van der Waals surface area contributed by atoms with Crippen molar-refractivity contribution in [1.82, 2.24) is 0 Å². The van der Waals surface area contributed by atoms with E-state index in [0.717, 1.165) is 25.7 Å². The van der Waals surface area contributed by atoms with Gasteiger partial charge in [0.1, 0.15) is 18.7 Å². The van der Waals surface area contributed by atoms with Crippen LogP contribution in [0, 0.1) is 0 Å². The lowest BCUT2D eigenvalue weighted by atomic mass is 10.0. The van der Waals surface area contributed by atoms with Crippen molar-refractivity contribution in [2.75, 3.05) is 20.6 Å². The molecule has 0 aromatic rings. The van der Waals surface area contributed by atoms with Crippen molar-refractivity contribution in [3.8, 4) is 0 Å². The number of nitrogens with zero attached hydrogens (tertiary/aromatic N) is 1. The Morgan fingerprint density at radius 2 is 1.10 bits per heavy atom. The number of carbonyl (C=O) groups excluding carboxylic acids is 1. The molecule has 0 fully saturated rings. The van der Waals surface area contributed by atoms with Crippen molar-refractivity contribution in [3.05, 3.63) is 0 Å². The second kappa shape index (κ2) is 19.1. The predicted molar refractivity (Wildman–Crippen MR) is 126 cm³/mol. The van der Waals surface area contributed by atoms with E-state index in [4.69, 9.17) is 0 Å². The van der Waals surface area contributed by atoms with Gasteiger partial charge in [-0.1, -0.05) is 110 Å². The third-order valence-corrected chi connectivity index (χ3v) is 6.52. The Labute approximate surface area is 188 Å². The van der Waals surface area contributed by atoms with Gasteiger partial charge in [0, 0.05) is 6.42 Å². The number of carboxylic acid groups (broad SMARTS) is 1. The number of rotatable bonds is 22. The van der Waals surface area contributed by atoms with Crippen LogP contribution in [0.25, 0.3) is 0 Å². The number of aliphatic carboxylic acids is 1. The highest BCUT2D eigenvalue weighted by Crippen LogP contribution is 2.18. The molecule has 0 spiro atoms. The highest BCUT2D eigenvalue weighted by Gasteiger charge is 2.31. The molecule has 180 valence electrons. The van der Waals surface area contributed by atoms with Crippen molar-refractivity contribution >= 4 is 5.97 Å². The Kier molecular flexibility index (Phi) is 18.7. The molecule has 2 unspecified atom stereocenters. The van der Waals surface area contributed by atoms with Crippen LogP contribution >= 0.6 is 0 Å². The van der Waals surface area contributed by atoms with Crippen molar-refractivity contribution in [2.24, 2.45) is 0 Å². The second-order valence-corrected chi connectivity index (χ2v) is 9.98. The van der Waals surface area contributed by atoms with Crippen molar-refractivity contribution in [1.29, 1.82) is 0 Å². The van der Waals surface area contributed by atoms with Crippen LogP contribution in [0.15, 0.2) is 0 Å². The molecule has 0 aliphatic rings. The minimum Gasteiger partial charge on any atom is -0.544 e. The largest absolute Gasteiger partial charge is 0.544 e. The molecule has 4 nitrogen and oxygen atoms in total. The third kappa shape index (κ3) is 16.1. The van der Waals surface area contributed by atoms with Gasteiger partial charge < -0.3 is 19.5 Å². The number of quaternary nitrogens is 1. The first-order valence-electron chi connectivity index (χ1n) is 13.1. The van der Waals surface area contributed by atoms with Gasteiger partial charge in [0.05, 0.1) is 20.1 Å². The first-order chi connectivity index (χ1) is 14.3. The molecule has 0 heterocycles. The highest BCUT2D eigenvalue weighted by molar-refractivity contribution is 5.69. The topological polar surface area (TPSA) is 60.4 Å².